The number of nitrogens with zero attached hydrogens (tertiary/aromatic N) is 2. The molecule has 3 rings (SSSR count). The molecule has 1 heterocycles. The number of thiazole rings is 1. The number of fused-ring (bicyclic) bond motifs is 1. The van der Waals surface area contributed by atoms with Crippen molar-refractivity contribution >= 4 is 33.4 Å². The highest BCUT2D eigenvalue weighted by Crippen LogP contribution is 2.28. The predicted octanol–water partition coefficient (Wildman–Crippen LogP) is 4.05. The van der Waals surface area contributed by atoms with E-state index in [1.54, 1.807) is 18.4 Å². The Bertz CT molecular complexity index is 977. The summed E-state index contributed by atoms with van der Waals surface area (Å²) in [5, 5.41) is 0.840. The third kappa shape index (κ3) is 4.92. The van der Waals surface area contributed by atoms with E-state index in [0.29, 0.717) is 5.75 Å². The monoisotopic (exact) mass is 412 g/mol. The second-order valence-corrected chi connectivity index (χ2v) is 7.93. The summed E-state index contributed by atoms with van der Waals surface area (Å²) in [6.07, 6.45) is 0. The van der Waals surface area contributed by atoms with Gasteiger partial charge in [0.15, 0.2) is 13.2 Å². The summed E-state index contributed by atoms with van der Waals surface area (Å²) in [4.78, 5) is 30.6. The van der Waals surface area contributed by atoms with Crippen LogP contribution in [0.4, 0.5) is 0 Å². The number of rotatable bonds is 7. The van der Waals surface area contributed by atoms with Gasteiger partial charge in [-0.2, -0.15) is 0 Å². The zero-order valence-corrected chi connectivity index (χ0v) is 17.8. The van der Waals surface area contributed by atoms with Crippen molar-refractivity contribution in [2.45, 2.75) is 26.8 Å². The second kappa shape index (κ2) is 9.05. The Kier molecular flexibility index (Phi) is 6.49. The first-order chi connectivity index (χ1) is 13.9. The molecule has 152 valence electrons. The van der Waals surface area contributed by atoms with Gasteiger partial charge in [0.05, 0.1) is 16.3 Å². The molecule has 0 spiro atoms. The molecule has 0 unspecified atom stereocenters. The van der Waals surface area contributed by atoms with Gasteiger partial charge in [0.25, 0.3) is 5.91 Å². The average Bonchev–Trinajstić information content (AvgIpc) is 3.14. The first-order valence-electron chi connectivity index (χ1n) is 9.32. The van der Waals surface area contributed by atoms with Crippen LogP contribution in [0.3, 0.4) is 0 Å². The van der Waals surface area contributed by atoms with Gasteiger partial charge >= 0.3 is 5.97 Å². The molecule has 7 heteroatoms. The Balaban J connectivity index is 1.52. The van der Waals surface area contributed by atoms with Crippen LogP contribution in [0.1, 0.15) is 29.1 Å². The summed E-state index contributed by atoms with van der Waals surface area (Å²) >= 11 is 1.55. The fourth-order valence-electron chi connectivity index (χ4n) is 2.89. The summed E-state index contributed by atoms with van der Waals surface area (Å²) in [6, 6.07) is 13.4. The van der Waals surface area contributed by atoms with E-state index < -0.39 is 5.97 Å². The molecular weight excluding hydrogens is 388 g/mol. The lowest BCUT2D eigenvalue weighted by Gasteiger charge is -2.23. The number of aryl methyl sites for hydroxylation is 2. The Labute approximate surface area is 174 Å². The highest BCUT2D eigenvalue weighted by Gasteiger charge is 2.22. The van der Waals surface area contributed by atoms with E-state index in [4.69, 9.17) is 9.47 Å². The van der Waals surface area contributed by atoms with Crippen LogP contribution in [0.2, 0.25) is 0 Å². The van der Waals surface area contributed by atoms with Crippen LogP contribution in [-0.4, -0.2) is 42.0 Å². The first kappa shape index (κ1) is 20.8. The molecule has 0 radical (unpaired) electrons. The van der Waals surface area contributed by atoms with Crippen LogP contribution in [-0.2, 0) is 14.3 Å². The summed E-state index contributed by atoms with van der Waals surface area (Å²) < 4.78 is 11.7. The maximum absolute atomic E-state index is 12.4. The first-order valence-corrected chi connectivity index (χ1v) is 10.1. The highest BCUT2D eigenvalue weighted by atomic mass is 32.1. The van der Waals surface area contributed by atoms with Crippen molar-refractivity contribution in [3.8, 4) is 5.75 Å². The molecule has 0 aliphatic rings. The second-order valence-electron chi connectivity index (χ2n) is 6.87. The SMILES string of the molecule is Cc1cccc(C)c1OCC(=O)OCC(=O)N(C)[C@@H](C)c1nc2ccccc2s1. The minimum atomic E-state index is -0.581. The van der Waals surface area contributed by atoms with E-state index in [-0.39, 0.29) is 25.2 Å². The predicted molar refractivity (Wildman–Crippen MR) is 113 cm³/mol. The Morgan fingerprint density at radius 1 is 1.07 bits per heavy atom. The van der Waals surface area contributed by atoms with Crippen molar-refractivity contribution in [3.05, 3.63) is 58.6 Å². The van der Waals surface area contributed by atoms with Crippen LogP contribution in [0.5, 0.6) is 5.75 Å². The number of ether oxygens (including phenoxy) is 2. The smallest absolute Gasteiger partial charge is 0.344 e. The van der Waals surface area contributed by atoms with Crippen LogP contribution >= 0.6 is 11.3 Å². The van der Waals surface area contributed by atoms with Gasteiger partial charge in [-0.3, -0.25) is 4.79 Å². The maximum Gasteiger partial charge on any atom is 0.344 e. The number of hydrogen-bond acceptors (Lipinski definition) is 6. The minimum absolute atomic E-state index is 0.218. The maximum atomic E-state index is 12.4. The van der Waals surface area contributed by atoms with E-state index in [0.717, 1.165) is 26.4 Å². The lowest BCUT2D eigenvalue weighted by Crippen LogP contribution is -2.34. The fraction of sp³-hybridized carbons (Fsp3) is 0.318. The number of hydrogen-bond donors (Lipinski definition) is 0. The Hall–Kier alpha value is -2.93. The number of para-hydroxylation sites is 2. The molecule has 0 saturated carbocycles. The van der Waals surface area contributed by atoms with Crippen molar-refractivity contribution in [3.63, 3.8) is 0 Å². The molecule has 1 atom stereocenters. The zero-order valence-electron chi connectivity index (χ0n) is 17.0. The molecule has 0 bridgehead atoms. The topological polar surface area (TPSA) is 68.7 Å². The number of aromatic nitrogens is 1. The Morgan fingerprint density at radius 2 is 1.76 bits per heavy atom. The number of esters is 1. The van der Waals surface area contributed by atoms with Gasteiger partial charge in [0.1, 0.15) is 10.8 Å². The third-order valence-corrected chi connectivity index (χ3v) is 5.95. The van der Waals surface area contributed by atoms with Crippen LogP contribution in [0, 0.1) is 13.8 Å². The van der Waals surface area contributed by atoms with E-state index in [1.165, 1.54) is 4.90 Å². The van der Waals surface area contributed by atoms with Crippen molar-refractivity contribution in [2.24, 2.45) is 0 Å². The molecule has 2 aromatic carbocycles. The Morgan fingerprint density at radius 3 is 2.45 bits per heavy atom. The lowest BCUT2D eigenvalue weighted by molar-refractivity contribution is -0.153. The van der Waals surface area contributed by atoms with Crippen LogP contribution in [0.15, 0.2) is 42.5 Å². The molecule has 1 amide bonds. The van der Waals surface area contributed by atoms with Crippen LogP contribution < -0.4 is 4.74 Å². The van der Waals surface area contributed by atoms with Gasteiger partial charge in [-0.25, -0.2) is 9.78 Å². The molecule has 1 aromatic heterocycles. The molecule has 29 heavy (non-hydrogen) atoms. The van der Waals surface area contributed by atoms with E-state index >= 15 is 0 Å². The summed E-state index contributed by atoms with van der Waals surface area (Å²) in [6.45, 7) is 5.16. The van der Waals surface area contributed by atoms with E-state index in [9.17, 15) is 9.59 Å². The van der Waals surface area contributed by atoms with Gasteiger partial charge in [-0.15, -0.1) is 11.3 Å². The summed E-state index contributed by atoms with van der Waals surface area (Å²) in [5.74, 6) is -0.212. The van der Waals surface area contributed by atoms with Gasteiger partial charge in [-0.05, 0) is 44.0 Å². The van der Waals surface area contributed by atoms with Gasteiger partial charge in [0.2, 0.25) is 0 Å². The summed E-state index contributed by atoms with van der Waals surface area (Å²) in [7, 11) is 1.68. The zero-order chi connectivity index (χ0) is 21.0. The largest absolute Gasteiger partial charge is 0.481 e. The number of amides is 1. The molecular formula is C22H24N2O4S. The molecule has 0 fully saturated rings. The number of likely N-dealkylation sites (N-methyl/N-ethyl adjacent to an activating group) is 1. The molecule has 3 aromatic rings. The van der Waals surface area contributed by atoms with E-state index in [1.807, 2.05) is 63.2 Å². The van der Waals surface area contributed by atoms with Gasteiger partial charge in [0, 0.05) is 7.05 Å². The average molecular weight is 413 g/mol. The molecule has 6 nitrogen and oxygen atoms in total. The van der Waals surface area contributed by atoms with Crippen molar-refractivity contribution in [1.29, 1.82) is 0 Å². The minimum Gasteiger partial charge on any atom is -0.481 e. The van der Waals surface area contributed by atoms with Crippen LogP contribution in [0.25, 0.3) is 10.2 Å². The lowest BCUT2D eigenvalue weighted by atomic mass is 10.1. The standard InChI is InChI=1S/C22H24N2O4S/c1-14-8-7-9-15(2)21(14)28-13-20(26)27-12-19(25)24(4)16(3)22-23-17-10-5-6-11-18(17)29-22/h5-11,16H,12-13H2,1-4H3/t16-/m0/s1. The molecule has 0 N–H and O–H groups in total. The van der Waals surface area contributed by atoms with Gasteiger partial charge in [-0.1, -0.05) is 30.3 Å². The van der Waals surface area contributed by atoms with Crippen molar-refractivity contribution in [1.82, 2.24) is 9.88 Å². The van der Waals surface area contributed by atoms with E-state index in [2.05, 4.69) is 4.98 Å². The number of carbonyl (C=O) groups excluding carboxylic acids is 2. The highest BCUT2D eigenvalue weighted by molar-refractivity contribution is 7.18. The molecule has 0 aliphatic carbocycles. The number of benzene rings is 2. The van der Waals surface area contributed by atoms with Crippen molar-refractivity contribution in [2.75, 3.05) is 20.3 Å². The van der Waals surface area contributed by atoms with Crippen molar-refractivity contribution < 1.29 is 19.1 Å². The fourth-order valence-corrected chi connectivity index (χ4v) is 3.96. The molecule has 0 aliphatic heterocycles. The number of carbonyl (C=O) groups is 2. The normalized spacial score (nSPS) is 11.9. The summed E-state index contributed by atoms with van der Waals surface area (Å²) in [5.41, 5.74) is 2.80. The quantitative estimate of drug-likeness (QED) is 0.548. The van der Waals surface area contributed by atoms with Gasteiger partial charge < -0.3 is 14.4 Å². The molecule has 0 saturated heterocycles. The third-order valence-electron chi connectivity index (χ3n) is 4.74.